The van der Waals surface area contributed by atoms with Crippen LogP contribution in [0.4, 0.5) is 0 Å². The Morgan fingerprint density at radius 1 is 1.04 bits per heavy atom. The van der Waals surface area contributed by atoms with E-state index < -0.39 is 0 Å². The minimum atomic E-state index is 0.831. The Balaban J connectivity index is 1.62. The molecule has 4 aromatic rings. The molecule has 0 atom stereocenters. The maximum Gasteiger partial charge on any atom is 0.156 e. The van der Waals surface area contributed by atoms with Gasteiger partial charge in [-0.2, -0.15) is 5.10 Å². The van der Waals surface area contributed by atoms with E-state index in [9.17, 15) is 0 Å². The molecule has 0 saturated carbocycles. The molecule has 5 nitrogen and oxygen atoms in total. The van der Waals surface area contributed by atoms with Crippen LogP contribution in [-0.4, -0.2) is 37.0 Å². The molecule has 0 amide bonds. The fraction of sp³-hybridized carbons (Fsp3) is 0.261. The van der Waals surface area contributed by atoms with Gasteiger partial charge in [-0.15, -0.1) is 0 Å². The van der Waals surface area contributed by atoms with Gasteiger partial charge < -0.3 is 14.6 Å². The highest BCUT2D eigenvalue weighted by atomic mass is 16.3. The number of hydrogen-bond donors (Lipinski definition) is 2. The van der Waals surface area contributed by atoms with Gasteiger partial charge in [0.25, 0.3) is 0 Å². The summed E-state index contributed by atoms with van der Waals surface area (Å²) in [6, 6.07) is 20.4. The van der Waals surface area contributed by atoms with Crippen molar-refractivity contribution < 1.29 is 14.6 Å². The quantitative estimate of drug-likeness (QED) is 0.462. The predicted molar refractivity (Wildman–Crippen MR) is 112 cm³/mol. The summed E-state index contributed by atoms with van der Waals surface area (Å²) in [5, 5.41) is 8.34. The zero-order valence-electron chi connectivity index (χ0n) is 16.6. The van der Waals surface area contributed by atoms with Gasteiger partial charge in [0.15, 0.2) is 5.76 Å². The molecule has 144 valence electrons. The van der Waals surface area contributed by atoms with Gasteiger partial charge in [-0.25, -0.2) is 4.68 Å². The first-order chi connectivity index (χ1) is 13.7. The van der Waals surface area contributed by atoms with Gasteiger partial charge >= 0.3 is 0 Å². The Kier molecular flexibility index (Phi) is 5.55. The van der Waals surface area contributed by atoms with Gasteiger partial charge in [0.2, 0.25) is 0 Å². The van der Waals surface area contributed by atoms with Crippen molar-refractivity contribution in [1.29, 1.82) is 0 Å². The van der Waals surface area contributed by atoms with E-state index in [1.165, 1.54) is 23.4 Å². The lowest BCUT2D eigenvalue weighted by Gasteiger charge is -2.06. The summed E-state index contributed by atoms with van der Waals surface area (Å²) < 4.78 is 8.06. The molecule has 0 radical (unpaired) electrons. The highest BCUT2D eigenvalue weighted by molar-refractivity contribution is 5.82. The van der Waals surface area contributed by atoms with Crippen LogP contribution in [0.2, 0.25) is 0 Å². The van der Waals surface area contributed by atoms with Crippen molar-refractivity contribution in [3.8, 4) is 17.1 Å². The van der Waals surface area contributed by atoms with Crippen LogP contribution in [0.5, 0.6) is 0 Å². The van der Waals surface area contributed by atoms with Crippen LogP contribution in [0, 0.1) is 0 Å². The van der Waals surface area contributed by atoms with Gasteiger partial charge in [-0.05, 0) is 24.3 Å². The predicted octanol–water partition coefficient (Wildman–Crippen LogP) is 1.88. The molecule has 3 N–H and O–H groups in total. The minimum absolute atomic E-state index is 0.831. The molecule has 0 spiro atoms. The maximum absolute atomic E-state index is 6.11. The van der Waals surface area contributed by atoms with E-state index in [4.69, 9.17) is 9.52 Å². The second-order valence-corrected chi connectivity index (χ2v) is 7.52. The van der Waals surface area contributed by atoms with Crippen LogP contribution in [0.3, 0.4) is 0 Å². The number of furan rings is 1. The number of rotatable bonds is 8. The third kappa shape index (κ3) is 4.16. The van der Waals surface area contributed by atoms with Crippen LogP contribution < -0.4 is 10.2 Å². The molecule has 2 aromatic heterocycles. The second-order valence-electron chi connectivity index (χ2n) is 7.52. The zero-order chi connectivity index (χ0) is 19.3. The topological polar surface area (TPSA) is 52.0 Å². The van der Waals surface area contributed by atoms with E-state index >= 15 is 0 Å². The summed E-state index contributed by atoms with van der Waals surface area (Å²) in [5.74, 6) is 0.831. The van der Waals surface area contributed by atoms with E-state index in [0.717, 1.165) is 41.2 Å². The van der Waals surface area contributed by atoms with Crippen LogP contribution in [0.15, 0.2) is 71.3 Å². The molecule has 28 heavy (non-hydrogen) atoms. The second kappa shape index (κ2) is 8.42. The summed E-state index contributed by atoms with van der Waals surface area (Å²) in [4.78, 5) is 1.49. The minimum Gasteiger partial charge on any atom is -0.454 e. The molecule has 0 aliphatic rings. The van der Waals surface area contributed by atoms with Crippen LogP contribution in [0.25, 0.3) is 28.1 Å². The lowest BCUT2D eigenvalue weighted by Crippen LogP contribution is -3.06. The maximum atomic E-state index is 6.11. The normalized spacial score (nSPS) is 11.5. The number of nitrogens with zero attached hydrogens (tertiary/aromatic N) is 2. The van der Waals surface area contributed by atoms with Gasteiger partial charge in [-0.1, -0.05) is 36.4 Å². The molecular weight excluding hydrogens is 348 g/mol. The van der Waals surface area contributed by atoms with Gasteiger partial charge in [-0.3, -0.25) is 0 Å². The number of benzene rings is 2. The molecular formula is C23H28N4O+2. The first kappa shape index (κ1) is 18.5. The number of quaternary nitrogens is 2. The molecule has 0 unspecified atom stereocenters. The summed E-state index contributed by atoms with van der Waals surface area (Å²) in [5.41, 5.74) is 4.08. The Morgan fingerprint density at radius 2 is 1.82 bits per heavy atom. The van der Waals surface area contributed by atoms with Crippen molar-refractivity contribution in [1.82, 2.24) is 9.78 Å². The number of hydrogen-bond acceptors (Lipinski definition) is 2. The highest BCUT2D eigenvalue weighted by Gasteiger charge is 2.17. The zero-order valence-corrected chi connectivity index (χ0v) is 16.6. The van der Waals surface area contributed by atoms with E-state index in [-0.39, 0.29) is 0 Å². The standard InChI is InChI=1S/C23H26N4O/c1-26(2)14-8-13-24-16-19-17-27(20-10-4-3-5-11-20)25-23(19)22-15-18-9-6-7-12-21(18)28-22/h3-7,9-12,15,17,24H,8,13-14,16H2,1-2H3/p+2. The molecule has 0 saturated heterocycles. The van der Waals surface area contributed by atoms with Gasteiger partial charge in [0.05, 0.1) is 38.4 Å². The van der Waals surface area contributed by atoms with Crippen molar-refractivity contribution in [2.75, 3.05) is 27.2 Å². The largest absolute Gasteiger partial charge is 0.454 e. The molecule has 0 fully saturated rings. The molecule has 2 heterocycles. The molecule has 5 heteroatoms. The Hall–Kier alpha value is -2.89. The number of aromatic nitrogens is 2. The van der Waals surface area contributed by atoms with Crippen molar-refractivity contribution in [3.05, 3.63) is 72.4 Å². The third-order valence-corrected chi connectivity index (χ3v) is 4.92. The van der Waals surface area contributed by atoms with Crippen LogP contribution in [0.1, 0.15) is 12.0 Å². The fourth-order valence-corrected chi connectivity index (χ4v) is 3.44. The monoisotopic (exact) mass is 376 g/mol. The molecule has 0 bridgehead atoms. The first-order valence-electron chi connectivity index (χ1n) is 9.94. The van der Waals surface area contributed by atoms with Crippen molar-refractivity contribution >= 4 is 11.0 Å². The molecule has 0 aliphatic heterocycles. The van der Waals surface area contributed by atoms with Gasteiger partial charge in [0.1, 0.15) is 17.8 Å². The Morgan fingerprint density at radius 3 is 2.61 bits per heavy atom. The summed E-state index contributed by atoms with van der Waals surface area (Å²) in [7, 11) is 4.40. The van der Waals surface area contributed by atoms with Gasteiger partial charge in [0, 0.05) is 18.0 Å². The van der Waals surface area contributed by atoms with Crippen molar-refractivity contribution in [2.24, 2.45) is 0 Å². The summed E-state index contributed by atoms with van der Waals surface area (Å²) in [6.07, 6.45) is 3.33. The average molecular weight is 377 g/mol. The average Bonchev–Trinajstić information content (AvgIpc) is 3.32. The fourth-order valence-electron chi connectivity index (χ4n) is 3.44. The van der Waals surface area contributed by atoms with Crippen molar-refractivity contribution in [3.63, 3.8) is 0 Å². The smallest absolute Gasteiger partial charge is 0.156 e. The molecule has 4 rings (SSSR count). The van der Waals surface area contributed by atoms with E-state index in [1.54, 1.807) is 0 Å². The highest BCUT2D eigenvalue weighted by Crippen LogP contribution is 2.29. The van der Waals surface area contributed by atoms with Crippen molar-refractivity contribution in [2.45, 2.75) is 13.0 Å². The summed E-state index contributed by atoms with van der Waals surface area (Å²) in [6.45, 7) is 3.19. The number of nitrogens with two attached hydrogens (primary N) is 1. The van der Waals surface area contributed by atoms with E-state index in [0.29, 0.717) is 0 Å². The van der Waals surface area contributed by atoms with Crippen LogP contribution in [-0.2, 0) is 6.54 Å². The Bertz CT molecular complexity index is 1000. The SMILES string of the molecule is C[NH+](C)CCC[NH2+]Cc1cn(-c2ccccc2)nc1-c1cc2ccccc2o1. The first-order valence-corrected chi connectivity index (χ1v) is 9.94. The molecule has 2 aromatic carbocycles. The van der Waals surface area contributed by atoms with Crippen LogP contribution >= 0.6 is 0 Å². The lowest BCUT2D eigenvalue weighted by atomic mass is 10.2. The van der Waals surface area contributed by atoms with E-state index in [1.807, 2.05) is 41.1 Å². The lowest BCUT2D eigenvalue weighted by molar-refractivity contribution is -0.860. The third-order valence-electron chi connectivity index (χ3n) is 4.92. The number of para-hydroxylation sites is 2. The Labute approximate surface area is 165 Å². The molecule has 0 aliphatic carbocycles. The summed E-state index contributed by atoms with van der Waals surface area (Å²) >= 11 is 0. The number of nitrogens with one attached hydrogen (secondary N) is 1. The van der Waals surface area contributed by atoms with E-state index in [2.05, 4.69) is 49.9 Å². The number of fused-ring (bicyclic) bond motifs is 1.